The molecule has 0 heterocycles. The van der Waals surface area contributed by atoms with Gasteiger partial charge in [0.2, 0.25) is 0 Å². The molecule has 2 atom stereocenters. The van der Waals surface area contributed by atoms with Crippen LogP contribution in [-0.2, 0) is 4.74 Å². The molecule has 0 bridgehead atoms. The highest BCUT2D eigenvalue weighted by molar-refractivity contribution is 5.88. The fourth-order valence-corrected chi connectivity index (χ4v) is 4.33. The summed E-state index contributed by atoms with van der Waals surface area (Å²) < 4.78 is 12.7. The maximum absolute atomic E-state index is 6.45. The zero-order valence-electron chi connectivity index (χ0n) is 20.0. The molecule has 0 fully saturated rings. The van der Waals surface area contributed by atoms with Crippen LogP contribution in [0.3, 0.4) is 0 Å². The van der Waals surface area contributed by atoms with Gasteiger partial charge in [-0.3, -0.25) is 0 Å². The molecule has 4 rings (SSSR count). The van der Waals surface area contributed by atoms with Crippen LogP contribution in [0.25, 0.3) is 10.8 Å². The van der Waals surface area contributed by atoms with Crippen LogP contribution in [-0.4, -0.2) is 32.2 Å². The largest absolute Gasteiger partial charge is 0.493 e. The Kier molecular flexibility index (Phi) is 9.96. The van der Waals surface area contributed by atoms with Gasteiger partial charge in [0.15, 0.2) is 0 Å². The molecule has 4 aromatic rings. The van der Waals surface area contributed by atoms with Gasteiger partial charge in [0, 0.05) is 24.5 Å². The normalized spacial score (nSPS) is 12.8. The molecule has 0 N–H and O–H groups in total. The van der Waals surface area contributed by atoms with E-state index in [1.807, 2.05) is 18.2 Å². The van der Waals surface area contributed by atoms with Gasteiger partial charge in [-0.1, -0.05) is 97.1 Å². The third-order valence-electron chi connectivity index (χ3n) is 6.08. The van der Waals surface area contributed by atoms with Gasteiger partial charge in [-0.2, -0.15) is 0 Å². The fourth-order valence-electron chi connectivity index (χ4n) is 4.33. The molecule has 0 saturated carbocycles. The minimum Gasteiger partial charge on any atom is -0.493 e. The molecule has 4 aromatic carbocycles. The maximum Gasteiger partial charge on any atom is 0.127 e. The second kappa shape index (κ2) is 13.1. The van der Waals surface area contributed by atoms with E-state index in [0.717, 1.165) is 24.0 Å². The summed E-state index contributed by atoms with van der Waals surface area (Å²) >= 11 is 0. The van der Waals surface area contributed by atoms with E-state index in [1.165, 1.54) is 16.5 Å². The predicted molar refractivity (Wildman–Crippen MR) is 144 cm³/mol. The first-order valence-corrected chi connectivity index (χ1v) is 11.7. The minimum absolute atomic E-state index is 0. The number of halogens is 1. The van der Waals surface area contributed by atoms with Gasteiger partial charge < -0.3 is 14.4 Å². The van der Waals surface area contributed by atoms with E-state index in [1.54, 1.807) is 0 Å². The van der Waals surface area contributed by atoms with Gasteiger partial charge >= 0.3 is 0 Å². The molecule has 1 unspecified atom stereocenters. The number of benzene rings is 4. The molecule has 3 nitrogen and oxygen atoms in total. The second-order valence-corrected chi connectivity index (χ2v) is 8.56. The lowest BCUT2D eigenvalue weighted by molar-refractivity contribution is 0.0263. The molecule has 0 aliphatic carbocycles. The number of nitrogens with zero attached hydrogens (tertiary/aromatic N) is 1. The van der Waals surface area contributed by atoms with Crippen molar-refractivity contribution in [3.8, 4) is 5.75 Å². The van der Waals surface area contributed by atoms with E-state index in [2.05, 4.69) is 104 Å². The van der Waals surface area contributed by atoms with Gasteiger partial charge in [-0.05, 0) is 43.1 Å². The van der Waals surface area contributed by atoms with E-state index in [9.17, 15) is 0 Å². The quantitative estimate of drug-likeness (QED) is 0.224. The van der Waals surface area contributed by atoms with Crippen LogP contribution in [0.5, 0.6) is 5.75 Å². The van der Waals surface area contributed by atoms with Crippen molar-refractivity contribution < 1.29 is 9.47 Å². The first kappa shape index (κ1) is 25.8. The highest BCUT2D eigenvalue weighted by Gasteiger charge is 2.17. The van der Waals surface area contributed by atoms with E-state index in [4.69, 9.17) is 9.47 Å². The lowest BCUT2D eigenvalue weighted by Gasteiger charge is -2.26. The number of ether oxygens (including phenoxy) is 2. The van der Waals surface area contributed by atoms with Crippen molar-refractivity contribution in [3.63, 3.8) is 0 Å². The topological polar surface area (TPSA) is 21.7 Å². The van der Waals surface area contributed by atoms with E-state index >= 15 is 0 Å². The van der Waals surface area contributed by atoms with Crippen molar-refractivity contribution in [1.29, 1.82) is 0 Å². The smallest absolute Gasteiger partial charge is 0.127 e. The Hall–Kier alpha value is -2.85. The van der Waals surface area contributed by atoms with Crippen molar-refractivity contribution in [2.24, 2.45) is 0 Å². The first-order valence-electron chi connectivity index (χ1n) is 11.7. The van der Waals surface area contributed by atoms with Gasteiger partial charge in [0.05, 0.1) is 12.7 Å². The van der Waals surface area contributed by atoms with Crippen molar-refractivity contribution in [2.45, 2.75) is 25.0 Å². The third kappa shape index (κ3) is 6.83. The summed E-state index contributed by atoms with van der Waals surface area (Å²) in [4.78, 5) is 2.26. The summed E-state index contributed by atoms with van der Waals surface area (Å²) in [7, 11) is 4.26. The highest BCUT2D eigenvalue weighted by Crippen LogP contribution is 2.28. The summed E-state index contributed by atoms with van der Waals surface area (Å²) in [5.74, 6) is 0.927. The van der Waals surface area contributed by atoms with Crippen molar-refractivity contribution in [3.05, 3.63) is 114 Å². The lowest BCUT2D eigenvalue weighted by Crippen LogP contribution is -2.22. The number of hydrogen-bond acceptors (Lipinski definition) is 3. The molecule has 0 spiro atoms. The highest BCUT2D eigenvalue weighted by atomic mass is 35.5. The average molecular weight is 476 g/mol. The summed E-state index contributed by atoms with van der Waals surface area (Å²) in [6.07, 6.45) is 1.73. The van der Waals surface area contributed by atoms with Crippen LogP contribution in [0.2, 0.25) is 0 Å². The summed E-state index contributed by atoms with van der Waals surface area (Å²) in [6, 6.07) is 36.0. The van der Waals surface area contributed by atoms with Crippen LogP contribution in [0, 0.1) is 0 Å². The van der Waals surface area contributed by atoms with Gasteiger partial charge in [0.1, 0.15) is 5.75 Å². The predicted octanol–water partition coefficient (Wildman–Crippen LogP) is 7.48. The molecular formula is C30H34ClNO2. The summed E-state index contributed by atoms with van der Waals surface area (Å²) in [5, 5.41) is 2.34. The Morgan fingerprint density at radius 3 is 1.97 bits per heavy atom. The summed E-state index contributed by atoms with van der Waals surface area (Å²) in [6.45, 7) is 1.29. The molecule has 0 saturated heterocycles. The SMILES string of the molecule is CN(C)C(CCO[C@H](CCOc1cccc2ccccc12)c1ccccc1)c1ccccc1.Cl. The maximum atomic E-state index is 6.45. The number of rotatable bonds is 11. The monoisotopic (exact) mass is 475 g/mol. The Bertz CT molecular complexity index is 1110. The minimum atomic E-state index is -0.000220. The second-order valence-electron chi connectivity index (χ2n) is 8.56. The van der Waals surface area contributed by atoms with Crippen LogP contribution in [0.4, 0.5) is 0 Å². The zero-order valence-corrected chi connectivity index (χ0v) is 20.8. The Balaban J connectivity index is 0.00000324. The molecule has 4 heteroatoms. The number of hydrogen-bond donors (Lipinski definition) is 0. The lowest BCUT2D eigenvalue weighted by atomic mass is 10.0. The Morgan fingerprint density at radius 2 is 1.26 bits per heavy atom. The third-order valence-corrected chi connectivity index (χ3v) is 6.08. The van der Waals surface area contributed by atoms with E-state index in [-0.39, 0.29) is 18.5 Å². The average Bonchev–Trinajstić information content (AvgIpc) is 2.86. The Labute approximate surface area is 209 Å². The van der Waals surface area contributed by atoms with Crippen LogP contribution in [0.1, 0.15) is 36.1 Å². The first-order chi connectivity index (χ1) is 16.2. The molecule has 0 aliphatic rings. The molecule has 0 radical (unpaired) electrons. The molecule has 0 aliphatic heterocycles. The van der Waals surface area contributed by atoms with E-state index < -0.39 is 0 Å². The van der Waals surface area contributed by atoms with Crippen molar-refractivity contribution in [1.82, 2.24) is 4.90 Å². The van der Waals surface area contributed by atoms with Crippen molar-refractivity contribution in [2.75, 3.05) is 27.3 Å². The van der Waals surface area contributed by atoms with E-state index in [0.29, 0.717) is 19.3 Å². The zero-order chi connectivity index (χ0) is 22.9. The van der Waals surface area contributed by atoms with Crippen LogP contribution >= 0.6 is 12.4 Å². The fraction of sp³-hybridized carbons (Fsp3) is 0.267. The molecular weight excluding hydrogens is 442 g/mol. The Morgan fingerprint density at radius 1 is 0.647 bits per heavy atom. The van der Waals surface area contributed by atoms with Crippen LogP contribution in [0.15, 0.2) is 103 Å². The standard InChI is InChI=1S/C30H33NO2.ClH/c1-31(2)28(25-13-5-3-6-14-25)20-22-32-29(26-15-7-4-8-16-26)21-23-33-30-19-11-17-24-12-9-10-18-27(24)30;/h3-19,28-29H,20-23H2,1-2H3;1H/t28?,29-;/m1./s1. The van der Waals surface area contributed by atoms with Crippen LogP contribution < -0.4 is 4.74 Å². The van der Waals surface area contributed by atoms with Gasteiger partial charge in [0.25, 0.3) is 0 Å². The number of fused-ring (bicyclic) bond motifs is 1. The molecule has 34 heavy (non-hydrogen) atoms. The molecule has 0 aromatic heterocycles. The summed E-state index contributed by atoms with van der Waals surface area (Å²) in [5.41, 5.74) is 2.52. The van der Waals surface area contributed by atoms with Gasteiger partial charge in [-0.15, -0.1) is 12.4 Å². The van der Waals surface area contributed by atoms with Gasteiger partial charge in [-0.25, -0.2) is 0 Å². The van der Waals surface area contributed by atoms with Crippen molar-refractivity contribution >= 4 is 23.2 Å². The molecule has 178 valence electrons. The molecule has 0 amide bonds.